The molecule has 0 unspecified atom stereocenters. The van der Waals surface area contributed by atoms with Gasteiger partial charge >= 0.3 is 0 Å². The van der Waals surface area contributed by atoms with Gasteiger partial charge in [0.05, 0.1) is 5.69 Å². The number of hydrogen-bond acceptors (Lipinski definition) is 1. The van der Waals surface area contributed by atoms with Gasteiger partial charge in [0.2, 0.25) is 17.2 Å². The summed E-state index contributed by atoms with van der Waals surface area (Å²) in [7, 11) is 3.54. The van der Waals surface area contributed by atoms with Crippen molar-refractivity contribution in [3.63, 3.8) is 0 Å². The SMILES string of the molecule is [2H]C([2H])([2H])c1cc(-c2c(C([2H])([2H])[2H])cc(C)c(-c3cn4c(C)c(C([2H])([2H])[2H])nc4n3C)[n+]2C)c(C)cc1C. The molecule has 0 aliphatic rings. The van der Waals surface area contributed by atoms with Gasteiger partial charge in [-0.3, -0.25) is 4.40 Å². The molecular weight excluding hydrogens is 356 g/mol. The predicted molar refractivity (Wildman–Crippen MR) is 119 cm³/mol. The summed E-state index contributed by atoms with van der Waals surface area (Å²) in [5, 5.41) is 0. The van der Waals surface area contributed by atoms with Crippen LogP contribution in [0.4, 0.5) is 0 Å². The van der Waals surface area contributed by atoms with Gasteiger partial charge in [0.1, 0.15) is 12.7 Å². The van der Waals surface area contributed by atoms with E-state index in [4.69, 9.17) is 12.3 Å². The number of nitrogens with zero attached hydrogens (tertiary/aromatic N) is 4. The molecule has 4 rings (SSSR count). The van der Waals surface area contributed by atoms with Crippen LogP contribution in [-0.4, -0.2) is 14.0 Å². The third kappa shape index (κ3) is 2.81. The van der Waals surface area contributed by atoms with Crippen molar-refractivity contribution in [3.05, 3.63) is 63.6 Å². The Bertz CT molecular complexity index is 1580. The Morgan fingerprint density at radius 3 is 2.24 bits per heavy atom. The molecule has 3 aromatic heterocycles. The molecular formula is C25H31N4+. The van der Waals surface area contributed by atoms with Crippen LogP contribution in [-0.2, 0) is 14.1 Å². The largest absolute Gasteiger partial charge is 0.308 e. The number of benzene rings is 1. The third-order valence-electron chi connectivity index (χ3n) is 5.77. The van der Waals surface area contributed by atoms with Crippen LogP contribution in [0.25, 0.3) is 28.4 Å². The number of hydrogen-bond donors (Lipinski definition) is 0. The molecule has 0 aliphatic carbocycles. The lowest BCUT2D eigenvalue weighted by Gasteiger charge is -2.14. The molecule has 0 bridgehead atoms. The van der Waals surface area contributed by atoms with Crippen LogP contribution in [0.1, 0.15) is 51.5 Å². The first-order valence-electron chi connectivity index (χ1n) is 14.0. The van der Waals surface area contributed by atoms with E-state index in [9.17, 15) is 0 Å². The standard InChI is InChI=1S/C25H31N4/c1-14-10-16(3)21(12-15(14)2)23-17(4)11-18(5)24(28(23)9)22-13-29-20(7)19(6)26-25(29)27(22)8/h10-13H,1-9H3/q+1/i2D3,4D3,6D3. The van der Waals surface area contributed by atoms with Gasteiger partial charge in [-0.05, 0) is 77.1 Å². The second kappa shape index (κ2) is 6.58. The predicted octanol–water partition coefficient (Wildman–Crippen LogP) is 4.99. The Kier molecular flexibility index (Phi) is 2.57. The number of aryl methyl sites for hydroxylation is 8. The third-order valence-corrected chi connectivity index (χ3v) is 5.77. The van der Waals surface area contributed by atoms with E-state index < -0.39 is 20.6 Å². The minimum atomic E-state index is -2.46. The highest BCUT2D eigenvalue weighted by molar-refractivity contribution is 5.69. The van der Waals surface area contributed by atoms with Crippen LogP contribution >= 0.6 is 0 Å². The van der Waals surface area contributed by atoms with Crippen LogP contribution in [0, 0.1) is 48.3 Å². The van der Waals surface area contributed by atoms with Gasteiger partial charge in [-0.15, -0.1) is 0 Å². The van der Waals surface area contributed by atoms with Crippen molar-refractivity contribution < 1.29 is 16.9 Å². The smallest absolute Gasteiger partial charge is 0.233 e. The quantitative estimate of drug-likeness (QED) is 0.438. The first kappa shape index (κ1) is 11.3. The summed E-state index contributed by atoms with van der Waals surface area (Å²) in [5.74, 6) is 0.445. The van der Waals surface area contributed by atoms with E-state index >= 15 is 0 Å². The van der Waals surface area contributed by atoms with Crippen molar-refractivity contribution in [1.29, 1.82) is 0 Å². The number of rotatable bonds is 2. The lowest BCUT2D eigenvalue weighted by molar-refractivity contribution is -0.650. The number of fused-ring (bicyclic) bond motifs is 1. The molecule has 0 spiro atoms. The van der Waals surface area contributed by atoms with Crippen molar-refractivity contribution >= 4 is 5.78 Å². The zero-order chi connectivity index (χ0) is 28.7. The molecule has 0 radical (unpaired) electrons. The van der Waals surface area contributed by atoms with E-state index in [1.165, 1.54) is 0 Å². The Hall–Kier alpha value is -2.88. The van der Waals surface area contributed by atoms with Crippen molar-refractivity contribution in [2.24, 2.45) is 14.1 Å². The molecule has 0 saturated carbocycles. The molecule has 4 heteroatoms. The van der Waals surface area contributed by atoms with Crippen LogP contribution in [0.5, 0.6) is 0 Å². The highest BCUT2D eigenvalue weighted by Gasteiger charge is 2.27. The van der Waals surface area contributed by atoms with Crippen LogP contribution in [0.2, 0.25) is 0 Å². The average molecular weight is 397 g/mol. The Balaban J connectivity index is 2.09. The highest BCUT2D eigenvalue weighted by Crippen LogP contribution is 2.31. The Morgan fingerprint density at radius 1 is 0.862 bits per heavy atom. The van der Waals surface area contributed by atoms with Gasteiger partial charge in [-0.1, -0.05) is 6.07 Å². The van der Waals surface area contributed by atoms with E-state index in [-0.39, 0.29) is 16.8 Å². The van der Waals surface area contributed by atoms with Crippen molar-refractivity contribution in [3.8, 4) is 22.6 Å². The minimum absolute atomic E-state index is 0.0293. The summed E-state index contributed by atoms with van der Waals surface area (Å²) < 4.78 is 77.5. The maximum Gasteiger partial charge on any atom is 0.233 e. The van der Waals surface area contributed by atoms with E-state index in [0.29, 0.717) is 45.2 Å². The fraction of sp³-hybridized carbons (Fsp3) is 0.360. The summed E-state index contributed by atoms with van der Waals surface area (Å²) in [6.07, 6.45) is 1.80. The fourth-order valence-electron chi connectivity index (χ4n) is 4.14. The monoisotopic (exact) mass is 396 g/mol. The maximum atomic E-state index is 8.27. The van der Waals surface area contributed by atoms with Gasteiger partial charge in [0.15, 0.2) is 0 Å². The lowest BCUT2D eigenvalue weighted by atomic mass is 9.94. The lowest BCUT2D eigenvalue weighted by Crippen LogP contribution is -2.36. The summed E-state index contributed by atoms with van der Waals surface area (Å²) in [6.45, 7) is -0.0743. The zero-order valence-corrected chi connectivity index (χ0v) is 17.6. The summed E-state index contributed by atoms with van der Waals surface area (Å²) in [4.78, 5) is 4.39. The van der Waals surface area contributed by atoms with Gasteiger partial charge in [0.25, 0.3) is 0 Å². The maximum absolute atomic E-state index is 8.27. The molecule has 150 valence electrons. The number of imidazole rings is 2. The minimum Gasteiger partial charge on any atom is -0.308 e. The summed E-state index contributed by atoms with van der Waals surface area (Å²) >= 11 is 0. The van der Waals surface area contributed by atoms with Gasteiger partial charge in [0, 0.05) is 48.0 Å². The molecule has 0 aliphatic heterocycles. The molecule has 0 amide bonds. The first-order chi connectivity index (χ1) is 17.2. The van der Waals surface area contributed by atoms with Gasteiger partial charge in [-0.25, -0.2) is 4.98 Å². The number of aromatic nitrogens is 4. The Morgan fingerprint density at radius 2 is 1.59 bits per heavy atom. The molecule has 4 nitrogen and oxygen atoms in total. The van der Waals surface area contributed by atoms with E-state index in [1.807, 2.05) is 13.8 Å². The van der Waals surface area contributed by atoms with Crippen molar-refractivity contribution in [1.82, 2.24) is 14.0 Å². The molecule has 0 N–H and O–H groups in total. The average Bonchev–Trinajstić information content (AvgIpc) is 3.24. The molecule has 1 aromatic carbocycles. The van der Waals surface area contributed by atoms with Crippen LogP contribution in [0.3, 0.4) is 0 Å². The zero-order valence-electron chi connectivity index (χ0n) is 26.6. The molecule has 3 heterocycles. The summed E-state index contributed by atoms with van der Waals surface area (Å²) in [5.41, 5.74) is 5.20. The topological polar surface area (TPSA) is 26.1 Å². The molecule has 0 atom stereocenters. The second-order valence-electron chi connectivity index (χ2n) is 7.77. The fourth-order valence-corrected chi connectivity index (χ4v) is 4.14. The van der Waals surface area contributed by atoms with E-state index in [0.717, 1.165) is 5.56 Å². The molecule has 29 heavy (non-hydrogen) atoms. The van der Waals surface area contributed by atoms with Crippen molar-refractivity contribution in [2.45, 2.75) is 48.3 Å². The molecule has 4 aromatic rings. The van der Waals surface area contributed by atoms with Crippen LogP contribution < -0.4 is 4.57 Å². The van der Waals surface area contributed by atoms with Crippen molar-refractivity contribution in [2.75, 3.05) is 0 Å². The van der Waals surface area contributed by atoms with E-state index in [1.54, 1.807) is 65.9 Å². The van der Waals surface area contributed by atoms with E-state index in [2.05, 4.69) is 4.98 Å². The highest BCUT2D eigenvalue weighted by atomic mass is 15.2. The Labute approximate surface area is 186 Å². The molecule has 0 fully saturated rings. The van der Waals surface area contributed by atoms with Crippen LogP contribution in [0.15, 0.2) is 24.4 Å². The van der Waals surface area contributed by atoms with Gasteiger partial charge in [-0.2, -0.15) is 4.57 Å². The summed E-state index contributed by atoms with van der Waals surface area (Å²) in [6, 6.07) is 4.98. The number of pyridine rings is 1. The second-order valence-corrected chi connectivity index (χ2v) is 7.77. The first-order valence-corrected chi connectivity index (χ1v) is 9.46. The normalized spacial score (nSPS) is 17.5. The molecule has 0 saturated heterocycles. The van der Waals surface area contributed by atoms with Gasteiger partial charge < -0.3 is 4.57 Å².